The summed E-state index contributed by atoms with van der Waals surface area (Å²) in [6, 6.07) is 5.75. The highest BCUT2D eigenvalue weighted by atomic mass is 16.5. The van der Waals surface area contributed by atoms with Crippen molar-refractivity contribution in [3.05, 3.63) is 35.7 Å². The van der Waals surface area contributed by atoms with E-state index in [9.17, 15) is 9.90 Å². The zero-order chi connectivity index (χ0) is 20.2. The minimum Gasteiger partial charge on any atom is -0.504 e. The number of carbonyl (C=O) groups excluding carboxylic acids is 1. The van der Waals surface area contributed by atoms with Gasteiger partial charge >= 0.3 is 0 Å². The highest BCUT2D eigenvalue weighted by Gasteiger charge is 2.26. The first-order valence-electron chi connectivity index (χ1n) is 10.4. The van der Waals surface area contributed by atoms with E-state index in [4.69, 9.17) is 4.74 Å². The molecule has 1 aromatic heterocycles. The highest BCUT2D eigenvalue weighted by Crippen LogP contribution is 2.31. The van der Waals surface area contributed by atoms with E-state index in [0.29, 0.717) is 18.0 Å². The van der Waals surface area contributed by atoms with Gasteiger partial charge in [-0.2, -0.15) is 0 Å². The Morgan fingerprint density at radius 1 is 1.21 bits per heavy atom. The maximum absolute atomic E-state index is 12.7. The van der Waals surface area contributed by atoms with E-state index in [0.717, 1.165) is 57.4 Å². The number of amides is 1. The van der Waals surface area contributed by atoms with Crippen molar-refractivity contribution in [1.82, 2.24) is 24.8 Å². The number of hydrogen-bond acceptors (Lipinski definition) is 6. The average molecular weight is 399 g/mol. The summed E-state index contributed by atoms with van der Waals surface area (Å²) in [6.07, 6.45) is 7.15. The van der Waals surface area contributed by atoms with E-state index in [1.807, 2.05) is 21.7 Å². The first-order valence-corrected chi connectivity index (χ1v) is 10.4. The van der Waals surface area contributed by atoms with Gasteiger partial charge in [0.25, 0.3) is 5.91 Å². The van der Waals surface area contributed by atoms with Crippen molar-refractivity contribution < 1.29 is 14.6 Å². The summed E-state index contributed by atoms with van der Waals surface area (Å²) >= 11 is 0. The Balaban J connectivity index is 1.41. The van der Waals surface area contributed by atoms with Gasteiger partial charge in [0.05, 0.1) is 19.3 Å². The molecule has 0 aliphatic carbocycles. The topological polar surface area (TPSA) is 83.7 Å². The van der Waals surface area contributed by atoms with Crippen LogP contribution in [-0.4, -0.2) is 69.1 Å². The second-order valence-corrected chi connectivity index (χ2v) is 7.94. The molecule has 0 unspecified atom stereocenters. The summed E-state index contributed by atoms with van der Waals surface area (Å²) in [5.41, 5.74) is 1.29. The number of phenolic OH excluding ortho intramolecular Hbond substituents is 1. The van der Waals surface area contributed by atoms with Crippen LogP contribution in [-0.2, 0) is 6.54 Å². The molecule has 1 aromatic carbocycles. The summed E-state index contributed by atoms with van der Waals surface area (Å²) in [4.78, 5) is 16.8. The van der Waals surface area contributed by atoms with Crippen molar-refractivity contribution >= 4 is 5.91 Å². The molecular weight excluding hydrogens is 370 g/mol. The summed E-state index contributed by atoms with van der Waals surface area (Å²) in [6.45, 7) is 4.03. The summed E-state index contributed by atoms with van der Waals surface area (Å²) < 4.78 is 7.06. The molecule has 0 spiro atoms. The molecule has 29 heavy (non-hydrogen) atoms. The monoisotopic (exact) mass is 399 g/mol. The summed E-state index contributed by atoms with van der Waals surface area (Å²) in [5.74, 6) is 0.686. The minimum absolute atomic E-state index is 0.00933. The number of hydrogen-bond donors (Lipinski definition) is 1. The lowest BCUT2D eigenvalue weighted by Gasteiger charge is -2.32. The van der Waals surface area contributed by atoms with E-state index in [1.165, 1.54) is 6.42 Å². The largest absolute Gasteiger partial charge is 0.504 e. The van der Waals surface area contributed by atoms with Crippen LogP contribution in [0.15, 0.2) is 24.4 Å². The number of piperidine rings is 2. The van der Waals surface area contributed by atoms with E-state index in [-0.39, 0.29) is 17.7 Å². The van der Waals surface area contributed by atoms with Gasteiger partial charge in [-0.3, -0.25) is 9.69 Å². The second kappa shape index (κ2) is 8.82. The van der Waals surface area contributed by atoms with E-state index in [1.54, 1.807) is 19.4 Å². The molecule has 1 N–H and O–H groups in total. The Morgan fingerprint density at radius 3 is 2.83 bits per heavy atom. The number of phenols is 1. The summed E-state index contributed by atoms with van der Waals surface area (Å²) in [7, 11) is 1.56. The van der Waals surface area contributed by atoms with Crippen molar-refractivity contribution in [3.8, 4) is 11.5 Å². The molecule has 4 rings (SSSR count). The van der Waals surface area contributed by atoms with Crippen LogP contribution in [0, 0.1) is 0 Å². The number of rotatable bonds is 5. The van der Waals surface area contributed by atoms with Crippen molar-refractivity contribution in [2.75, 3.05) is 33.3 Å². The number of ether oxygens (including phenoxy) is 1. The van der Waals surface area contributed by atoms with Crippen LogP contribution in [0.1, 0.15) is 54.2 Å². The lowest BCUT2D eigenvalue weighted by molar-refractivity contribution is 0.0718. The van der Waals surface area contributed by atoms with E-state index in [2.05, 4.69) is 15.2 Å². The van der Waals surface area contributed by atoms with Crippen LogP contribution in [0.3, 0.4) is 0 Å². The number of nitrogens with zero attached hydrogens (tertiary/aromatic N) is 5. The third-order valence-corrected chi connectivity index (χ3v) is 5.92. The Kier molecular flexibility index (Phi) is 5.99. The molecule has 0 radical (unpaired) electrons. The molecule has 2 fully saturated rings. The fourth-order valence-electron chi connectivity index (χ4n) is 4.30. The molecule has 2 saturated heterocycles. The predicted octanol–water partition coefficient (Wildman–Crippen LogP) is 2.46. The number of benzene rings is 1. The van der Waals surface area contributed by atoms with Crippen molar-refractivity contribution in [2.24, 2.45) is 0 Å². The predicted molar refractivity (Wildman–Crippen MR) is 108 cm³/mol. The quantitative estimate of drug-likeness (QED) is 0.832. The molecule has 2 aliphatic rings. The van der Waals surface area contributed by atoms with Gasteiger partial charge < -0.3 is 14.7 Å². The lowest BCUT2D eigenvalue weighted by Crippen LogP contribution is -2.36. The first kappa shape index (κ1) is 19.7. The van der Waals surface area contributed by atoms with Gasteiger partial charge in [-0.15, -0.1) is 5.10 Å². The van der Waals surface area contributed by atoms with Gasteiger partial charge in [0, 0.05) is 31.7 Å². The maximum Gasteiger partial charge on any atom is 0.276 e. The van der Waals surface area contributed by atoms with Crippen LogP contribution in [0.2, 0.25) is 0 Å². The summed E-state index contributed by atoms with van der Waals surface area (Å²) in [5, 5.41) is 18.8. The molecule has 156 valence electrons. The van der Waals surface area contributed by atoms with E-state index < -0.39 is 0 Å². The van der Waals surface area contributed by atoms with Crippen molar-refractivity contribution in [2.45, 2.75) is 44.7 Å². The normalized spacial score (nSPS) is 20.6. The molecule has 0 saturated carbocycles. The molecule has 1 atom stereocenters. The maximum atomic E-state index is 12.7. The average Bonchev–Trinajstić information content (AvgIpc) is 3.26. The number of likely N-dealkylation sites (tertiary alicyclic amines) is 2. The lowest BCUT2D eigenvalue weighted by atomic mass is 10.0. The zero-order valence-corrected chi connectivity index (χ0v) is 17.0. The smallest absolute Gasteiger partial charge is 0.276 e. The van der Waals surface area contributed by atoms with Crippen LogP contribution in [0.5, 0.6) is 11.5 Å². The van der Waals surface area contributed by atoms with Crippen LogP contribution < -0.4 is 4.74 Å². The number of carbonyl (C=O) groups is 1. The third kappa shape index (κ3) is 4.37. The Bertz CT molecular complexity index is 847. The van der Waals surface area contributed by atoms with Crippen LogP contribution in [0.4, 0.5) is 0 Å². The molecular formula is C21H29N5O3. The molecule has 2 aromatic rings. The van der Waals surface area contributed by atoms with E-state index >= 15 is 0 Å². The fourth-order valence-corrected chi connectivity index (χ4v) is 4.30. The fraction of sp³-hybridized carbons (Fsp3) is 0.571. The molecule has 8 nitrogen and oxygen atoms in total. The molecule has 2 aliphatic heterocycles. The van der Waals surface area contributed by atoms with Gasteiger partial charge in [-0.05, 0) is 44.7 Å². The van der Waals surface area contributed by atoms with Crippen molar-refractivity contribution in [1.29, 1.82) is 0 Å². The SMILES string of the molecule is COc1cccc(CN2CCC[C@H](n3cc(C(=O)N4CCCCC4)nn3)C2)c1O. The second-order valence-electron chi connectivity index (χ2n) is 7.94. The molecule has 1 amide bonds. The third-order valence-electron chi connectivity index (χ3n) is 5.92. The van der Waals surface area contributed by atoms with Gasteiger partial charge in [0.15, 0.2) is 17.2 Å². The van der Waals surface area contributed by atoms with Gasteiger partial charge in [-0.1, -0.05) is 17.3 Å². The van der Waals surface area contributed by atoms with Crippen LogP contribution >= 0.6 is 0 Å². The number of aromatic hydroxyl groups is 1. The number of aromatic nitrogens is 3. The number of para-hydroxylation sites is 1. The Labute approximate surface area is 171 Å². The number of methoxy groups -OCH3 is 1. The molecule has 0 bridgehead atoms. The highest BCUT2D eigenvalue weighted by molar-refractivity contribution is 5.91. The Morgan fingerprint density at radius 2 is 2.03 bits per heavy atom. The van der Waals surface area contributed by atoms with Crippen molar-refractivity contribution in [3.63, 3.8) is 0 Å². The minimum atomic E-state index is -0.00933. The first-order chi connectivity index (χ1) is 14.2. The van der Waals surface area contributed by atoms with Crippen LogP contribution in [0.25, 0.3) is 0 Å². The van der Waals surface area contributed by atoms with Gasteiger partial charge in [-0.25, -0.2) is 4.68 Å². The zero-order valence-electron chi connectivity index (χ0n) is 17.0. The van der Waals surface area contributed by atoms with Gasteiger partial charge in [0.1, 0.15) is 0 Å². The Hall–Kier alpha value is -2.61. The van der Waals surface area contributed by atoms with Gasteiger partial charge in [0.2, 0.25) is 0 Å². The standard InChI is InChI=1S/C21H29N5O3/c1-29-19-9-5-7-16(20(19)27)13-24-10-6-8-17(14-24)26-15-18(22-23-26)21(28)25-11-3-2-4-12-25/h5,7,9,15,17,27H,2-4,6,8,10-14H2,1H3/t17-/m0/s1. The molecule has 3 heterocycles. The molecule has 8 heteroatoms.